The molecule has 0 radical (unpaired) electrons. The summed E-state index contributed by atoms with van der Waals surface area (Å²) in [5.41, 5.74) is 2.10. The number of aromatic hydroxyl groups is 1. The molecular formula is C19H22O2. The highest BCUT2D eigenvalue weighted by Crippen LogP contribution is 2.44. The number of phenols is 1. The molecule has 2 aromatic rings. The van der Waals surface area contributed by atoms with E-state index < -0.39 is 6.10 Å². The number of rotatable bonds is 4. The number of aliphatic hydroxyl groups excluding tert-OH is 1. The summed E-state index contributed by atoms with van der Waals surface area (Å²) >= 11 is 0. The summed E-state index contributed by atoms with van der Waals surface area (Å²) in [6, 6.07) is 17.6. The lowest BCUT2D eigenvalue weighted by molar-refractivity contribution is 0.0825. The molecule has 1 atom stereocenters. The first-order valence-electron chi connectivity index (χ1n) is 7.72. The Balaban J connectivity index is 1.87. The van der Waals surface area contributed by atoms with E-state index in [0.29, 0.717) is 6.42 Å². The summed E-state index contributed by atoms with van der Waals surface area (Å²) in [5.74, 6) is 0.264. The quantitative estimate of drug-likeness (QED) is 0.895. The second-order valence-electron chi connectivity index (χ2n) is 6.12. The van der Waals surface area contributed by atoms with Gasteiger partial charge < -0.3 is 10.2 Å². The Bertz CT molecular complexity index is 586. The molecule has 1 saturated carbocycles. The first-order chi connectivity index (χ1) is 10.2. The first kappa shape index (κ1) is 14.2. The number of benzene rings is 2. The summed E-state index contributed by atoms with van der Waals surface area (Å²) in [7, 11) is 0. The van der Waals surface area contributed by atoms with Crippen molar-refractivity contribution in [1.82, 2.24) is 0 Å². The molecule has 2 N–H and O–H groups in total. The fraction of sp³-hybridized carbons (Fsp3) is 0.368. The normalized spacial score (nSPS) is 18.5. The van der Waals surface area contributed by atoms with E-state index in [9.17, 15) is 10.2 Å². The van der Waals surface area contributed by atoms with E-state index in [1.807, 2.05) is 18.2 Å². The first-order valence-corrected chi connectivity index (χ1v) is 7.72. The van der Waals surface area contributed by atoms with Crippen molar-refractivity contribution in [3.63, 3.8) is 0 Å². The van der Waals surface area contributed by atoms with Gasteiger partial charge in [-0.3, -0.25) is 0 Å². The number of hydrogen-bond acceptors (Lipinski definition) is 2. The van der Waals surface area contributed by atoms with Crippen molar-refractivity contribution in [2.45, 2.75) is 43.6 Å². The maximum Gasteiger partial charge on any atom is 0.115 e. The zero-order chi connectivity index (χ0) is 14.7. The van der Waals surface area contributed by atoms with E-state index in [-0.39, 0.29) is 11.2 Å². The molecule has 0 amide bonds. The molecule has 0 aromatic heterocycles. The van der Waals surface area contributed by atoms with Gasteiger partial charge in [0.25, 0.3) is 0 Å². The molecule has 1 fully saturated rings. The molecule has 110 valence electrons. The van der Waals surface area contributed by atoms with Crippen LogP contribution in [0.3, 0.4) is 0 Å². The van der Waals surface area contributed by atoms with Gasteiger partial charge in [-0.05, 0) is 42.5 Å². The second kappa shape index (κ2) is 5.90. The van der Waals surface area contributed by atoms with Crippen molar-refractivity contribution in [1.29, 1.82) is 0 Å². The summed E-state index contributed by atoms with van der Waals surface area (Å²) in [6.07, 6.45) is 4.60. The van der Waals surface area contributed by atoms with Gasteiger partial charge in [-0.25, -0.2) is 0 Å². The summed E-state index contributed by atoms with van der Waals surface area (Å²) < 4.78 is 0. The molecule has 2 aromatic carbocycles. The maximum absolute atomic E-state index is 10.9. The average molecular weight is 282 g/mol. The molecule has 1 unspecified atom stereocenters. The number of hydrogen-bond donors (Lipinski definition) is 2. The average Bonchev–Trinajstić information content (AvgIpc) is 2.99. The molecule has 0 heterocycles. The van der Waals surface area contributed by atoms with Crippen LogP contribution in [-0.4, -0.2) is 16.3 Å². The van der Waals surface area contributed by atoms with Gasteiger partial charge in [-0.15, -0.1) is 0 Å². The topological polar surface area (TPSA) is 40.5 Å². The highest BCUT2D eigenvalue weighted by molar-refractivity contribution is 5.32. The van der Waals surface area contributed by atoms with Crippen molar-refractivity contribution in [3.8, 4) is 5.75 Å². The molecule has 3 rings (SSSR count). The zero-order valence-corrected chi connectivity index (χ0v) is 12.2. The van der Waals surface area contributed by atoms with Crippen LogP contribution < -0.4 is 0 Å². The lowest BCUT2D eigenvalue weighted by Gasteiger charge is -2.35. The minimum absolute atomic E-state index is 0.132. The van der Waals surface area contributed by atoms with Gasteiger partial charge in [0.1, 0.15) is 5.75 Å². The van der Waals surface area contributed by atoms with Crippen molar-refractivity contribution in [2.75, 3.05) is 0 Å². The highest BCUT2D eigenvalue weighted by atomic mass is 16.3. The molecule has 2 nitrogen and oxygen atoms in total. The van der Waals surface area contributed by atoms with Crippen LogP contribution in [-0.2, 0) is 11.8 Å². The van der Waals surface area contributed by atoms with Crippen LogP contribution in [0.4, 0.5) is 0 Å². The number of aliphatic hydroxyl groups is 1. The molecule has 0 aliphatic heterocycles. The summed E-state index contributed by atoms with van der Waals surface area (Å²) in [5, 5.41) is 20.5. The maximum atomic E-state index is 10.9. The third kappa shape index (κ3) is 2.81. The van der Waals surface area contributed by atoms with Gasteiger partial charge in [-0.1, -0.05) is 55.3 Å². The Hall–Kier alpha value is -1.80. The molecule has 2 heteroatoms. The standard InChI is InChI=1S/C19H22O2/c20-17-10-6-7-15(13-17)14-18(21)19(11-4-5-12-19)16-8-2-1-3-9-16/h1-3,6-10,13,18,20-21H,4-5,11-12,14H2. The minimum atomic E-state index is -0.413. The Morgan fingerprint density at radius 3 is 2.33 bits per heavy atom. The van der Waals surface area contributed by atoms with E-state index >= 15 is 0 Å². The van der Waals surface area contributed by atoms with Crippen LogP contribution in [0.5, 0.6) is 5.75 Å². The van der Waals surface area contributed by atoms with Crippen molar-refractivity contribution >= 4 is 0 Å². The van der Waals surface area contributed by atoms with E-state index in [1.54, 1.807) is 12.1 Å². The Labute approximate surface area is 126 Å². The Morgan fingerprint density at radius 2 is 1.67 bits per heavy atom. The smallest absolute Gasteiger partial charge is 0.115 e. The molecule has 0 spiro atoms. The van der Waals surface area contributed by atoms with E-state index in [2.05, 4.69) is 24.3 Å². The molecular weight excluding hydrogens is 260 g/mol. The van der Waals surface area contributed by atoms with Gasteiger partial charge in [0.2, 0.25) is 0 Å². The molecule has 1 aliphatic rings. The summed E-state index contributed by atoms with van der Waals surface area (Å²) in [4.78, 5) is 0. The van der Waals surface area contributed by atoms with Crippen molar-refractivity contribution < 1.29 is 10.2 Å². The van der Waals surface area contributed by atoms with E-state index in [0.717, 1.165) is 18.4 Å². The zero-order valence-electron chi connectivity index (χ0n) is 12.2. The SMILES string of the molecule is Oc1cccc(CC(O)C2(c3ccccc3)CCCC2)c1. The highest BCUT2D eigenvalue weighted by Gasteiger charge is 2.41. The molecule has 0 saturated heterocycles. The van der Waals surface area contributed by atoms with E-state index in [4.69, 9.17) is 0 Å². The molecule has 21 heavy (non-hydrogen) atoms. The molecule has 1 aliphatic carbocycles. The minimum Gasteiger partial charge on any atom is -0.508 e. The summed E-state index contributed by atoms with van der Waals surface area (Å²) in [6.45, 7) is 0. The van der Waals surface area contributed by atoms with Crippen LogP contribution >= 0.6 is 0 Å². The monoisotopic (exact) mass is 282 g/mol. The van der Waals surface area contributed by atoms with Crippen LogP contribution in [0.2, 0.25) is 0 Å². The predicted molar refractivity (Wildman–Crippen MR) is 84.4 cm³/mol. The lowest BCUT2D eigenvalue weighted by atomic mass is 9.72. The van der Waals surface area contributed by atoms with Gasteiger partial charge in [0.15, 0.2) is 0 Å². The largest absolute Gasteiger partial charge is 0.508 e. The van der Waals surface area contributed by atoms with Crippen LogP contribution in [0, 0.1) is 0 Å². The Morgan fingerprint density at radius 1 is 0.952 bits per heavy atom. The van der Waals surface area contributed by atoms with Gasteiger partial charge >= 0.3 is 0 Å². The van der Waals surface area contributed by atoms with Gasteiger partial charge in [0, 0.05) is 5.41 Å². The Kier molecular flexibility index (Phi) is 3.98. The molecule has 0 bridgehead atoms. The van der Waals surface area contributed by atoms with Gasteiger partial charge in [0.05, 0.1) is 6.10 Å². The number of phenolic OH excluding ortho intramolecular Hbond substituents is 1. The third-order valence-electron chi connectivity index (χ3n) is 4.82. The van der Waals surface area contributed by atoms with Crippen LogP contribution in [0.25, 0.3) is 0 Å². The van der Waals surface area contributed by atoms with Crippen LogP contribution in [0.15, 0.2) is 54.6 Å². The third-order valence-corrected chi connectivity index (χ3v) is 4.82. The van der Waals surface area contributed by atoms with Crippen molar-refractivity contribution in [2.24, 2.45) is 0 Å². The van der Waals surface area contributed by atoms with Crippen LogP contribution in [0.1, 0.15) is 36.8 Å². The van der Waals surface area contributed by atoms with E-state index in [1.165, 1.54) is 18.4 Å². The second-order valence-corrected chi connectivity index (χ2v) is 6.12. The fourth-order valence-electron chi connectivity index (χ4n) is 3.69. The fourth-order valence-corrected chi connectivity index (χ4v) is 3.69. The van der Waals surface area contributed by atoms with Crippen molar-refractivity contribution in [3.05, 3.63) is 65.7 Å². The van der Waals surface area contributed by atoms with Gasteiger partial charge in [-0.2, -0.15) is 0 Å². The lowest BCUT2D eigenvalue weighted by Crippen LogP contribution is -2.38. The predicted octanol–water partition coefficient (Wildman–Crippen LogP) is 3.81.